The van der Waals surface area contributed by atoms with Crippen molar-refractivity contribution in [1.29, 1.82) is 0 Å². The summed E-state index contributed by atoms with van der Waals surface area (Å²) >= 11 is 0. The first-order valence-electron chi connectivity index (χ1n) is 6.05. The van der Waals surface area contributed by atoms with Crippen LogP contribution in [-0.4, -0.2) is 0 Å². The summed E-state index contributed by atoms with van der Waals surface area (Å²) < 4.78 is 0. The fourth-order valence-corrected chi connectivity index (χ4v) is 1.16. The molecule has 0 saturated carbocycles. The molecule has 15 heavy (non-hydrogen) atoms. The van der Waals surface area contributed by atoms with Crippen LogP contribution in [0.25, 0.3) is 0 Å². The van der Waals surface area contributed by atoms with Crippen LogP contribution in [0.1, 0.15) is 46.0 Å². The largest absolute Gasteiger partial charge is 0.0888 e. The first-order chi connectivity index (χ1) is 7.41. The van der Waals surface area contributed by atoms with E-state index < -0.39 is 0 Å². The van der Waals surface area contributed by atoms with Gasteiger partial charge in [-0.15, -0.1) is 0 Å². The van der Waals surface area contributed by atoms with Crippen molar-refractivity contribution in [3.63, 3.8) is 0 Å². The Morgan fingerprint density at radius 3 is 1.87 bits per heavy atom. The first kappa shape index (κ1) is 14.0. The van der Waals surface area contributed by atoms with Gasteiger partial charge in [-0.25, -0.2) is 0 Å². The molecule has 0 aromatic rings. The maximum atomic E-state index is 2.27. The minimum atomic E-state index is 1.11. The molecule has 0 aliphatic carbocycles. The summed E-state index contributed by atoms with van der Waals surface area (Å²) in [5.74, 6) is 0. The third-order valence-electron chi connectivity index (χ3n) is 1.99. The van der Waals surface area contributed by atoms with Gasteiger partial charge in [-0.2, -0.15) is 0 Å². The molecule has 0 nitrogen and oxygen atoms in total. The fourth-order valence-electron chi connectivity index (χ4n) is 1.16. The molecule has 0 fully saturated rings. The lowest BCUT2D eigenvalue weighted by Gasteiger charge is -1.88. The van der Waals surface area contributed by atoms with Gasteiger partial charge in [0.25, 0.3) is 0 Å². The molecule has 0 spiro atoms. The van der Waals surface area contributed by atoms with Crippen molar-refractivity contribution >= 4 is 0 Å². The average Bonchev–Trinajstić information content (AvgIpc) is 2.26. The van der Waals surface area contributed by atoms with E-state index in [0.29, 0.717) is 0 Å². The van der Waals surface area contributed by atoms with Crippen LogP contribution in [0.2, 0.25) is 0 Å². The van der Waals surface area contributed by atoms with Gasteiger partial charge in [-0.05, 0) is 32.1 Å². The van der Waals surface area contributed by atoms with Gasteiger partial charge in [-0.3, -0.25) is 0 Å². The summed E-state index contributed by atoms with van der Waals surface area (Å²) in [6.45, 7) is 4.31. The van der Waals surface area contributed by atoms with Crippen molar-refractivity contribution in [1.82, 2.24) is 0 Å². The van der Waals surface area contributed by atoms with Crippen LogP contribution in [0.4, 0.5) is 0 Å². The predicted octanol–water partition coefficient (Wildman–Crippen LogP) is 5.20. The van der Waals surface area contributed by atoms with E-state index in [1.54, 1.807) is 0 Å². The lowest BCUT2D eigenvalue weighted by Crippen LogP contribution is -1.68. The highest BCUT2D eigenvalue weighted by Crippen LogP contribution is 1.98. The van der Waals surface area contributed by atoms with Gasteiger partial charge >= 0.3 is 0 Å². The van der Waals surface area contributed by atoms with Gasteiger partial charge in [-0.1, -0.05) is 62.5 Å². The summed E-state index contributed by atoms with van der Waals surface area (Å²) in [4.78, 5) is 0. The van der Waals surface area contributed by atoms with E-state index >= 15 is 0 Å². The Labute approximate surface area is 95.1 Å². The number of rotatable bonds is 8. The van der Waals surface area contributed by atoms with Gasteiger partial charge in [0.1, 0.15) is 0 Å². The molecule has 84 valence electrons. The molecule has 0 atom stereocenters. The van der Waals surface area contributed by atoms with E-state index in [4.69, 9.17) is 0 Å². The number of unbranched alkanes of at least 4 members (excludes halogenated alkanes) is 2. The molecule has 0 aliphatic heterocycles. The smallest absolute Gasteiger partial charge is 0.0345 e. The molecule has 0 heterocycles. The molecular weight excluding hydrogens is 180 g/mol. The fraction of sp³-hybridized carbons (Fsp3) is 0.467. The lowest BCUT2D eigenvalue weighted by atomic mass is 10.2. The summed E-state index contributed by atoms with van der Waals surface area (Å²) in [6, 6.07) is 0. The quantitative estimate of drug-likeness (QED) is 0.289. The standard InChI is InChI=1S/C15H24/c1-3-5-7-9-11-13-15-14-12-10-8-6-4-2/h5-9,11,13,15H,3-4,10,12,14H2,1-2H3. The van der Waals surface area contributed by atoms with Crippen molar-refractivity contribution in [2.75, 3.05) is 0 Å². The zero-order valence-corrected chi connectivity index (χ0v) is 10.2. The molecule has 0 radical (unpaired) electrons. The maximum Gasteiger partial charge on any atom is -0.0345 e. The molecule has 0 unspecified atom stereocenters. The molecule has 0 saturated heterocycles. The molecule has 0 amide bonds. The van der Waals surface area contributed by atoms with Crippen LogP contribution < -0.4 is 0 Å². The van der Waals surface area contributed by atoms with Crippen molar-refractivity contribution in [3.8, 4) is 0 Å². The SMILES string of the molecule is CCC=CC=CC=CCCCC=CCC. The predicted molar refractivity (Wildman–Crippen MR) is 71.0 cm³/mol. The second kappa shape index (κ2) is 13.0. The van der Waals surface area contributed by atoms with Crippen molar-refractivity contribution in [3.05, 3.63) is 48.6 Å². The van der Waals surface area contributed by atoms with Gasteiger partial charge in [0.2, 0.25) is 0 Å². The van der Waals surface area contributed by atoms with Crippen molar-refractivity contribution < 1.29 is 0 Å². The summed E-state index contributed by atoms with van der Waals surface area (Å²) in [5.41, 5.74) is 0. The molecule has 0 N–H and O–H groups in total. The first-order valence-corrected chi connectivity index (χ1v) is 6.05. The van der Waals surface area contributed by atoms with E-state index in [2.05, 4.69) is 62.5 Å². The molecular formula is C15H24. The van der Waals surface area contributed by atoms with E-state index in [9.17, 15) is 0 Å². The van der Waals surface area contributed by atoms with Crippen LogP contribution in [0.3, 0.4) is 0 Å². The third kappa shape index (κ3) is 13.0. The van der Waals surface area contributed by atoms with Gasteiger partial charge < -0.3 is 0 Å². The monoisotopic (exact) mass is 204 g/mol. The summed E-state index contributed by atoms with van der Waals surface area (Å²) in [7, 11) is 0. The van der Waals surface area contributed by atoms with Gasteiger partial charge in [0.05, 0.1) is 0 Å². The normalized spacial score (nSPS) is 12.9. The van der Waals surface area contributed by atoms with E-state index in [1.165, 1.54) is 19.3 Å². The maximum absolute atomic E-state index is 2.27. The number of allylic oxidation sites excluding steroid dienone is 8. The highest BCUT2D eigenvalue weighted by Gasteiger charge is 1.78. The highest BCUT2D eigenvalue weighted by atomic mass is 13.8. The second-order valence-electron chi connectivity index (χ2n) is 3.46. The topological polar surface area (TPSA) is 0 Å². The van der Waals surface area contributed by atoms with Gasteiger partial charge in [0, 0.05) is 0 Å². The zero-order chi connectivity index (χ0) is 11.2. The molecule has 0 aromatic carbocycles. The van der Waals surface area contributed by atoms with E-state index in [-0.39, 0.29) is 0 Å². The molecule has 0 bridgehead atoms. The molecule has 0 aromatic heterocycles. The minimum Gasteiger partial charge on any atom is -0.0888 e. The average molecular weight is 204 g/mol. The van der Waals surface area contributed by atoms with Crippen LogP contribution in [0, 0.1) is 0 Å². The zero-order valence-electron chi connectivity index (χ0n) is 10.2. The van der Waals surface area contributed by atoms with Gasteiger partial charge in [0.15, 0.2) is 0 Å². The van der Waals surface area contributed by atoms with Crippen LogP contribution >= 0.6 is 0 Å². The number of hydrogen-bond donors (Lipinski definition) is 0. The van der Waals surface area contributed by atoms with Crippen LogP contribution in [-0.2, 0) is 0 Å². The molecule has 0 rings (SSSR count). The van der Waals surface area contributed by atoms with Crippen molar-refractivity contribution in [2.45, 2.75) is 46.0 Å². The highest BCUT2D eigenvalue weighted by molar-refractivity contribution is 5.10. The Hall–Kier alpha value is -1.04. The van der Waals surface area contributed by atoms with Crippen LogP contribution in [0.15, 0.2) is 48.6 Å². The van der Waals surface area contributed by atoms with E-state index in [1.807, 2.05) is 0 Å². The second-order valence-corrected chi connectivity index (χ2v) is 3.46. The van der Waals surface area contributed by atoms with E-state index in [0.717, 1.165) is 12.8 Å². The Kier molecular flexibility index (Phi) is 12.1. The summed E-state index contributed by atoms with van der Waals surface area (Å²) in [5, 5.41) is 0. The Balaban J connectivity index is 3.35. The lowest BCUT2D eigenvalue weighted by molar-refractivity contribution is 0.865. The van der Waals surface area contributed by atoms with Crippen LogP contribution in [0.5, 0.6) is 0 Å². The molecule has 0 heteroatoms. The Morgan fingerprint density at radius 2 is 1.20 bits per heavy atom. The minimum absolute atomic E-state index is 1.11. The molecule has 0 aliphatic rings. The van der Waals surface area contributed by atoms with Crippen molar-refractivity contribution in [2.24, 2.45) is 0 Å². The third-order valence-corrected chi connectivity index (χ3v) is 1.99. The Bertz CT molecular complexity index is 216. The summed E-state index contributed by atoms with van der Waals surface area (Å²) in [6.07, 6.45) is 23.2. The Morgan fingerprint density at radius 1 is 0.600 bits per heavy atom. The number of hydrogen-bond acceptors (Lipinski definition) is 0.